The highest BCUT2D eigenvalue weighted by atomic mass is 16.5. The summed E-state index contributed by atoms with van der Waals surface area (Å²) in [5, 5.41) is 0. The Bertz CT molecular complexity index is 101. The van der Waals surface area contributed by atoms with E-state index in [9.17, 15) is 0 Å². The van der Waals surface area contributed by atoms with Gasteiger partial charge in [-0.15, -0.1) is 0 Å². The highest BCUT2D eigenvalue weighted by molar-refractivity contribution is 4.86. The second kappa shape index (κ2) is 2.91. The van der Waals surface area contributed by atoms with Gasteiger partial charge in [0.25, 0.3) is 0 Å². The summed E-state index contributed by atoms with van der Waals surface area (Å²) in [6, 6.07) is 0. The second-order valence-corrected chi connectivity index (χ2v) is 3.53. The van der Waals surface area contributed by atoms with Crippen molar-refractivity contribution in [3.05, 3.63) is 0 Å². The summed E-state index contributed by atoms with van der Waals surface area (Å²) >= 11 is 0. The van der Waals surface area contributed by atoms with Crippen LogP contribution in [0, 0.1) is 5.92 Å². The minimum absolute atomic E-state index is 0.236. The van der Waals surface area contributed by atoms with Crippen molar-refractivity contribution in [1.82, 2.24) is 0 Å². The molecule has 0 bridgehead atoms. The number of hydrogen-bond donors (Lipinski definition) is 0. The van der Waals surface area contributed by atoms with E-state index in [2.05, 4.69) is 20.8 Å². The molecule has 0 amide bonds. The third-order valence-corrected chi connectivity index (χ3v) is 2.78. The standard InChI is InChI=1S/C9H18O/c1-4-9(8(2)3)6-5-7-10-9/h8H,4-7H2,1-3H3/t9-/m0/s1. The molecule has 1 rings (SSSR count). The molecule has 1 heteroatoms. The van der Waals surface area contributed by atoms with Gasteiger partial charge in [-0.2, -0.15) is 0 Å². The van der Waals surface area contributed by atoms with Crippen molar-refractivity contribution in [2.24, 2.45) is 5.92 Å². The molecule has 0 saturated carbocycles. The van der Waals surface area contributed by atoms with Crippen LogP contribution in [0.15, 0.2) is 0 Å². The Morgan fingerprint density at radius 2 is 2.20 bits per heavy atom. The predicted octanol–water partition coefficient (Wildman–Crippen LogP) is 2.60. The third-order valence-electron chi connectivity index (χ3n) is 2.78. The van der Waals surface area contributed by atoms with Gasteiger partial charge in [0.15, 0.2) is 0 Å². The van der Waals surface area contributed by atoms with Crippen LogP contribution in [0.2, 0.25) is 0 Å². The molecule has 1 saturated heterocycles. The Balaban J connectivity index is 2.58. The van der Waals surface area contributed by atoms with Crippen LogP contribution in [0.1, 0.15) is 40.0 Å². The van der Waals surface area contributed by atoms with E-state index >= 15 is 0 Å². The monoisotopic (exact) mass is 142 g/mol. The summed E-state index contributed by atoms with van der Waals surface area (Å²) in [5.41, 5.74) is 0.236. The highest BCUT2D eigenvalue weighted by Crippen LogP contribution is 2.35. The molecule has 0 spiro atoms. The lowest BCUT2D eigenvalue weighted by atomic mass is 9.85. The molecule has 0 aromatic carbocycles. The number of rotatable bonds is 2. The van der Waals surface area contributed by atoms with Crippen LogP contribution in [0.4, 0.5) is 0 Å². The van der Waals surface area contributed by atoms with E-state index in [1.165, 1.54) is 19.3 Å². The van der Waals surface area contributed by atoms with Gasteiger partial charge < -0.3 is 4.74 Å². The van der Waals surface area contributed by atoms with Gasteiger partial charge in [0.05, 0.1) is 5.60 Å². The Morgan fingerprint density at radius 1 is 1.50 bits per heavy atom. The lowest BCUT2D eigenvalue weighted by Gasteiger charge is -2.31. The van der Waals surface area contributed by atoms with E-state index in [0.717, 1.165) is 6.61 Å². The van der Waals surface area contributed by atoms with Crippen LogP contribution in [-0.2, 0) is 4.74 Å². The molecule has 0 aromatic rings. The van der Waals surface area contributed by atoms with Crippen molar-refractivity contribution in [3.63, 3.8) is 0 Å². The summed E-state index contributed by atoms with van der Waals surface area (Å²) in [7, 11) is 0. The topological polar surface area (TPSA) is 9.23 Å². The van der Waals surface area contributed by atoms with Crippen LogP contribution in [0.5, 0.6) is 0 Å². The highest BCUT2D eigenvalue weighted by Gasteiger charge is 2.35. The normalized spacial score (nSPS) is 33.6. The van der Waals surface area contributed by atoms with Gasteiger partial charge in [-0.05, 0) is 25.2 Å². The van der Waals surface area contributed by atoms with Crippen molar-refractivity contribution >= 4 is 0 Å². The smallest absolute Gasteiger partial charge is 0.0703 e. The minimum atomic E-state index is 0.236. The number of hydrogen-bond acceptors (Lipinski definition) is 1. The van der Waals surface area contributed by atoms with Gasteiger partial charge in [-0.25, -0.2) is 0 Å². The van der Waals surface area contributed by atoms with Gasteiger partial charge >= 0.3 is 0 Å². The average molecular weight is 142 g/mol. The molecule has 1 aliphatic rings. The zero-order valence-corrected chi connectivity index (χ0v) is 7.31. The molecule has 1 atom stereocenters. The van der Waals surface area contributed by atoms with Gasteiger partial charge in [-0.1, -0.05) is 20.8 Å². The summed E-state index contributed by atoms with van der Waals surface area (Å²) in [6.07, 6.45) is 3.69. The maximum atomic E-state index is 5.75. The van der Waals surface area contributed by atoms with E-state index < -0.39 is 0 Å². The minimum Gasteiger partial charge on any atom is -0.375 e. The fourth-order valence-electron chi connectivity index (χ4n) is 1.86. The summed E-state index contributed by atoms with van der Waals surface area (Å²) in [6.45, 7) is 7.72. The largest absolute Gasteiger partial charge is 0.375 e. The maximum Gasteiger partial charge on any atom is 0.0703 e. The predicted molar refractivity (Wildman–Crippen MR) is 43.0 cm³/mol. The van der Waals surface area contributed by atoms with Crippen molar-refractivity contribution in [2.45, 2.75) is 45.6 Å². The Kier molecular flexibility index (Phi) is 2.35. The Labute approximate surface area is 63.8 Å². The van der Waals surface area contributed by atoms with Crippen LogP contribution in [0.25, 0.3) is 0 Å². The van der Waals surface area contributed by atoms with Gasteiger partial charge in [0, 0.05) is 6.61 Å². The quantitative estimate of drug-likeness (QED) is 0.576. The van der Waals surface area contributed by atoms with E-state index in [1.807, 2.05) is 0 Å². The molecule has 10 heavy (non-hydrogen) atoms. The lowest BCUT2D eigenvalue weighted by Crippen LogP contribution is -2.33. The zero-order valence-electron chi connectivity index (χ0n) is 7.31. The van der Waals surface area contributed by atoms with E-state index in [1.54, 1.807) is 0 Å². The summed E-state index contributed by atoms with van der Waals surface area (Å²) in [4.78, 5) is 0. The molecule has 1 nitrogen and oxygen atoms in total. The van der Waals surface area contributed by atoms with E-state index in [0.29, 0.717) is 5.92 Å². The fourth-order valence-corrected chi connectivity index (χ4v) is 1.86. The molecular weight excluding hydrogens is 124 g/mol. The van der Waals surface area contributed by atoms with Crippen molar-refractivity contribution < 1.29 is 4.74 Å². The molecule has 0 radical (unpaired) electrons. The molecule has 0 aromatic heterocycles. The first kappa shape index (κ1) is 8.06. The molecule has 1 fully saturated rings. The van der Waals surface area contributed by atoms with Crippen molar-refractivity contribution in [1.29, 1.82) is 0 Å². The fraction of sp³-hybridized carbons (Fsp3) is 1.00. The van der Waals surface area contributed by atoms with Crippen LogP contribution >= 0.6 is 0 Å². The second-order valence-electron chi connectivity index (χ2n) is 3.53. The van der Waals surface area contributed by atoms with Crippen LogP contribution < -0.4 is 0 Å². The van der Waals surface area contributed by atoms with Gasteiger partial charge in [-0.3, -0.25) is 0 Å². The van der Waals surface area contributed by atoms with Crippen molar-refractivity contribution in [2.75, 3.05) is 6.61 Å². The SMILES string of the molecule is CC[C@@]1(C(C)C)CCCO1. The average Bonchev–Trinajstić information content (AvgIpc) is 2.35. The number of ether oxygens (including phenoxy) is 1. The van der Waals surface area contributed by atoms with Crippen molar-refractivity contribution in [3.8, 4) is 0 Å². The van der Waals surface area contributed by atoms with Crippen LogP contribution in [-0.4, -0.2) is 12.2 Å². The first-order chi connectivity index (χ1) is 4.71. The molecule has 0 unspecified atom stereocenters. The first-order valence-electron chi connectivity index (χ1n) is 4.35. The lowest BCUT2D eigenvalue weighted by molar-refractivity contribution is -0.0357. The molecule has 1 aliphatic heterocycles. The van der Waals surface area contributed by atoms with Gasteiger partial charge in [0.2, 0.25) is 0 Å². The summed E-state index contributed by atoms with van der Waals surface area (Å²) < 4.78 is 5.75. The Morgan fingerprint density at radius 3 is 2.40 bits per heavy atom. The molecule has 60 valence electrons. The molecule has 0 aliphatic carbocycles. The summed E-state index contributed by atoms with van der Waals surface area (Å²) in [5.74, 6) is 0.681. The van der Waals surface area contributed by atoms with Gasteiger partial charge in [0.1, 0.15) is 0 Å². The zero-order chi connectivity index (χ0) is 7.61. The molecule has 1 heterocycles. The Hall–Kier alpha value is -0.0400. The van der Waals surface area contributed by atoms with E-state index in [-0.39, 0.29) is 5.60 Å². The molecular formula is C9H18O. The third kappa shape index (κ3) is 1.20. The van der Waals surface area contributed by atoms with Crippen LogP contribution in [0.3, 0.4) is 0 Å². The first-order valence-corrected chi connectivity index (χ1v) is 4.35. The maximum absolute atomic E-state index is 5.75. The van der Waals surface area contributed by atoms with E-state index in [4.69, 9.17) is 4.74 Å². The molecule has 0 N–H and O–H groups in total.